The average Bonchev–Trinajstić information content (AvgIpc) is 2.49. The van der Waals surface area contributed by atoms with Gasteiger partial charge in [0, 0.05) is 0 Å². The SMILES string of the molecule is CCC(C)CC(CCC(C)C)OC(CCC(C)C)CC(C)CC. The van der Waals surface area contributed by atoms with Crippen molar-refractivity contribution in [1.29, 1.82) is 0 Å². The van der Waals surface area contributed by atoms with E-state index in [2.05, 4.69) is 55.4 Å². The molecule has 0 heterocycles. The van der Waals surface area contributed by atoms with Gasteiger partial charge in [-0.05, 0) is 62.2 Å². The molecule has 0 saturated heterocycles. The van der Waals surface area contributed by atoms with Crippen LogP contribution in [0, 0.1) is 23.7 Å². The molecule has 0 aromatic carbocycles. The normalized spacial score (nSPS) is 17.5. The first-order chi connectivity index (χ1) is 10.8. The Morgan fingerprint density at radius 3 is 1.17 bits per heavy atom. The topological polar surface area (TPSA) is 9.23 Å². The third-order valence-electron chi connectivity index (χ3n) is 5.24. The molecule has 0 saturated carbocycles. The molecule has 0 spiro atoms. The Morgan fingerprint density at radius 2 is 0.913 bits per heavy atom. The highest BCUT2D eigenvalue weighted by molar-refractivity contribution is 4.70. The van der Waals surface area contributed by atoms with E-state index in [1.807, 2.05) is 0 Å². The molecule has 0 fully saturated rings. The summed E-state index contributed by atoms with van der Waals surface area (Å²) < 4.78 is 6.70. The van der Waals surface area contributed by atoms with Crippen LogP contribution >= 0.6 is 0 Å². The van der Waals surface area contributed by atoms with Crippen LogP contribution in [0.2, 0.25) is 0 Å². The van der Waals surface area contributed by atoms with E-state index in [1.165, 1.54) is 51.4 Å². The molecule has 140 valence electrons. The zero-order valence-corrected chi connectivity index (χ0v) is 17.5. The summed E-state index contributed by atoms with van der Waals surface area (Å²) in [5, 5.41) is 0. The van der Waals surface area contributed by atoms with E-state index in [0.717, 1.165) is 23.7 Å². The van der Waals surface area contributed by atoms with Crippen LogP contribution in [0.5, 0.6) is 0 Å². The van der Waals surface area contributed by atoms with Crippen LogP contribution in [-0.4, -0.2) is 12.2 Å². The molecule has 0 N–H and O–H groups in total. The van der Waals surface area contributed by atoms with E-state index in [4.69, 9.17) is 4.74 Å². The van der Waals surface area contributed by atoms with E-state index in [9.17, 15) is 0 Å². The maximum absolute atomic E-state index is 6.70. The number of hydrogen-bond acceptors (Lipinski definition) is 1. The summed E-state index contributed by atoms with van der Waals surface area (Å²) in [5.41, 5.74) is 0. The minimum Gasteiger partial charge on any atom is -0.375 e. The predicted octanol–water partition coefficient (Wildman–Crippen LogP) is 7.49. The fourth-order valence-corrected chi connectivity index (χ4v) is 3.02. The summed E-state index contributed by atoms with van der Waals surface area (Å²) in [6, 6.07) is 0. The van der Waals surface area contributed by atoms with Gasteiger partial charge in [0.15, 0.2) is 0 Å². The zero-order valence-electron chi connectivity index (χ0n) is 17.5. The minimum absolute atomic E-state index is 0.466. The first kappa shape index (κ1) is 23.0. The molecule has 23 heavy (non-hydrogen) atoms. The van der Waals surface area contributed by atoms with Crippen LogP contribution in [0.15, 0.2) is 0 Å². The van der Waals surface area contributed by atoms with E-state index in [1.54, 1.807) is 0 Å². The predicted molar refractivity (Wildman–Crippen MR) is 105 cm³/mol. The monoisotopic (exact) mass is 326 g/mol. The van der Waals surface area contributed by atoms with Crippen molar-refractivity contribution >= 4 is 0 Å². The third kappa shape index (κ3) is 13.0. The van der Waals surface area contributed by atoms with Crippen molar-refractivity contribution in [3.8, 4) is 0 Å². The Labute approximate surface area is 148 Å². The van der Waals surface area contributed by atoms with Gasteiger partial charge >= 0.3 is 0 Å². The van der Waals surface area contributed by atoms with E-state index >= 15 is 0 Å². The maximum atomic E-state index is 6.70. The molecule has 0 aromatic heterocycles. The van der Waals surface area contributed by atoms with Gasteiger partial charge in [-0.2, -0.15) is 0 Å². The fraction of sp³-hybridized carbons (Fsp3) is 1.00. The maximum Gasteiger partial charge on any atom is 0.0581 e. The lowest BCUT2D eigenvalue weighted by molar-refractivity contribution is -0.0446. The van der Waals surface area contributed by atoms with Crippen LogP contribution in [-0.2, 0) is 4.74 Å². The lowest BCUT2D eigenvalue weighted by Gasteiger charge is -2.29. The van der Waals surface area contributed by atoms with E-state index < -0.39 is 0 Å². The summed E-state index contributed by atoms with van der Waals surface area (Å²) in [4.78, 5) is 0. The molecule has 0 aromatic rings. The fourth-order valence-electron chi connectivity index (χ4n) is 3.02. The summed E-state index contributed by atoms with van der Waals surface area (Å²) >= 11 is 0. The zero-order chi connectivity index (χ0) is 17.8. The molecule has 0 aliphatic heterocycles. The minimum atomic E-state index is 0.466. The second kappa shape index (κ2) is 13.3. The summed E-state index contributed by atoms with van der Waals surface area (Å²) in [5.74, 6) is 3.12. The first-order valence-corrected chi connectivity index (χ1v) is 10.4. The number of hydrogen-bond donors (Lipinski definition) is 0. The second-order valence-corrected chi connectivity index (χ2v) is 8.82. The Hall–Kier alpha value is -0.0400. The molecule has 1 nitrogen and oxygen atoms in total. The third-order valence-corrected chi connectivity index (χ3v) is 5.24. The van der Waals surface area contributed by atoms with Gasteiger partial charge in [-0.3, -0.25) is 0 Å². The van der Waals surface area contributed by atoms with Crippen molar-refractivity contribution in [2.24, 2.45) is 23.7 Å². The van der Waals surface area contributed by atoms with Gasteiger partial charge in [-0.25, -0.2) is 0 Å². The standard InChI is InChI=1S/C22H46O/c1-9-19(7)15-21(13-11-17(3)4)23-22(14-12-18(5)6)16-20(8)10-2/h17-22H,9-16H2,1-8H3. The summed E-state index contributed by atoms with van der Waals surface area (Å²) in [6.45, 7) is 18.7. The van der Waals surface area contributed by atoms with Crippen LogP contribution in [0.1, 0.15) is 107 Å². The average molecular weight is 327 g/mol. The highest BCUT2D eigenvalue weighted by Crippen LogP contribution is 2.25. The molecule has 4 unspecified atom stereocenters. The van der Waals surface area contributed by atoms with Crippen LogP contribution < -0.4 is 0 Å². The van der Waals surface area contributed by atoms with Crippen molar-refractivity contribution in [1.82, 2.24) is 0 Å². The van der Waals surface area contributed by atoms with Crippen LogP contribution in [0.25, 0.3) is 0 Å². The Bertz CT molecular complexity index is 233. The van der Waals surface area contributed by atoms with Crippen molar-refractivity contribution in [3.05, 3.63) is 0 Å². The molecule has 0 amide bonds. The molecular formula is C22H46O. The Kier molecular flexibility index (Phi) is 13.3. The molecule has 0 bridgehead atoms. The van der Waals surface area contributed by atoms with E-state index in [-0.39, 0.29) is 0 Å². The first-order valence-electron chi connectivity index (χ1n) is 10.4. The highest BCUT2D eigenvalue weighted by Gasteiger charge is 2.21. The van der Waals surface area contributed by atoms with Crippen molar-refractivity contribution in [2.75, 3.05) is 0 Å². The van der Waals surface area contributed by atoms with Gasteiger partial charge in [-0.15, -0.1) is 0 Å². The Balaban J connectivity index is 4.69. The largest absolute Gasteiger partial charge is 0.375 e. The van der Waals surface area contributed by atoms with Gasteiger partial charge in [-0.1, -0.05) is 68.2 Å². The molecule has 0 rings (SSSR count). The van der Waals surface area contributed by atoms with Crippen molar-refractivity contribution in [3.63, 3.8) is 0 Å². The van der Waals surface area contributed by atoms with Crippen molar-refractivity contribution in [2.45, 2.75) is 119 Å². The molecule has 1 heteroatoms. The summed E-state index contributed by atoms with van der Waals surface area (Å²) in [6.07, 6.45) is 11.0. The smallest absolute Gasteiger partial charge is 0.0581 e. The van der Waals surface area contributed by atoms with Gasteiger partial charge in [0.05, 0.1) is 12.2 Å². The highest BCUT2D eigenvalue weighted by atomic mass is 16.5. The number of ether oxygens (including phenoxy) is 1. The molecule has 0 aliphatic rings. The van der Waals surface area contributed by atoms with Crippen LogP contribution in [0.3, 0.4) is 0 Å². The van der Waals surface area contributed by atoms with Gasteiger partial charge in [0.25, 0.3) is 0 Å². The molecule has 0 aliphatic carbocycles. The van der Waals surface area contributed by atoms with E-state index in [0.29, 0.717) is 12.2 Å². The molecule has 4 atom stereocenters. The Morgan fingerprint density at radius 1 is 0.565 bits per heavy atom. The van der Waals surface area contributed by atoms with Crippen molar-refractivity contribution < 1.29 is 4.74 Å². The lowest BCUT2D eigenvalue weighted by Crippen LogP contribution is -2.26. The van der Waals surface area contributed by atoms with Crippen LogP contribution in [0.4, 0.5) is 0 Å². The summed E-state index contributed by atoms with van der Waals surface area (Å²) in [7, 11) is 0. The molecule has 0 radical (unpaired) electrons. The van der Waals surface area contributed by atoms with Gasteiger partial charge in [0.1, 0.15) is 0 Å². The number of rotatable bonds is 14. The lowest BCUT2D eigenvalue weighted by atomic mass is 9.93. The quantitative estimate of drug-likeness (QED) is 0.321. The second-order valence-electron chi connectivity index (χ2n) is 8.82. The van der Waals surface area contributed by atoms with Gasteiger partial charge in [0.2, 0.25) is 0 Å². The molecular weight excluding hydrogens is 280 g/mol. The van der Waals surface area contributed by atoms with Gasteiger partial charge < -0.3 is 4.74 Å².